The number of Topliss-reactive ketones (excluding diaryl/α,β-unsaturated/α-hetero) is 1. The number of phenols is 1. The Morgan fingerprint density at radius 3 is 2.45 bits per heavy atom. The molecule has 1 fully saturated rings. The van der Waals surface area contributed by atoms with Crippen LogP contribution in [0, 0.1) is 0 Å². The van der Waals surface area contributed by atoms with Crippen LogP contribution < -0.4 is 4.74 Å². The van der Waals surface area contributed by atoms with Gasteiger partial charge >= 0.3 is 0 Å². The smallest absolute Gasteiger partial charge is 0.295 e. The Kier molecular flexibility index (Phi) is 8.11. The molecule has 1 saturated heterocycles. The van der Waals surface area contributed by atoms with E-state index >= 15 is 0 Å². The molecule has 1 atom stereocenters. The first-order valence-electron chi connectivity index (χ1n) is 11.4. The van der Waals surface area contributed by atoms with Gasteiger partial charge in [0.2, 0.25) is 0 Å². The molecule has 1 heterocycles. The lowest BCUT2D eigenvalue weighted by Crippen LogP contribution is -2.33. The molecule has 1 amide bonds. The monoisotopic (exact) mass is 452 g/mol. The highest BCUT2D eigenvalue weighted by atomic mass is 16.5. The summed E-state index contributed by atoms with van der Waals surface area (Å²) in [5.74, 6) is -1.05. The Labute approximate surface area is 194 Å². The molecule has 0 radical (unpaired) electrons. The number of aromatic hydroxyl groups is 1. The van der Waals surface area contributed by atoms with E-state index in [0.29, 0.717) is 36.4 Å². The molecule has 0 spiro atoms. The van der Waals surface area contributed by atoms with Gasteiger partial charge < -0.3 is 24.7 Å². The molecule has 1 aliphatic heterocycles. The molecular weight excluding hydrogens is 420 g/mol. The molecule has 0 bridgehead atoms. The number of carbonyl (C=O) groups excluding carboxylic acids is 2. The van der Waals surface area contributed by atoms with Crippen molar-refractivity contribution in [1.82, 2.24) is 9.80 Å². The Morgan fingerprint density at radius 1 is 1.06 bits per heavy atom. The van der Waals surface area contributed by atoms with Crippen LogP contribution in [0.25, 0.3) is 5.76 Å². The molecule has 2 N–H and O–H groups in total. The highest BCUT2D eigenvalue weighted by Gasteiger charge is 2.45. The number of aliphatic hydroxyl groups excluding tert-OH is 1. The summed E-state index contributed by atoms with van der Waals surface area (Å²) in [6, 6.07) is 12.5. The first-order valence-corrected chi connectivity index (χ1v) is 11.4. The van der Waals surface area contributed by atoms with Gasteiger partial charge in [0.1, 0.15) is 17.3 Å². The average molecular weight is 453 g/mol. The van der Waals surface area contributed by atoms with Crippen LogP contribution in [0.2, 0.25) is 0 Å². The number of phenolic OH excluding ortho intramolecular Hbond substituents is 1. The number of rotatable bonds is 10. The first kappa shape index (κ1) is 24.3. The summed E-state index contributed by atoms with van der Waals surface area (Å²) in [5.41, 5.74) is 0.980. The van der Waals surface area contributed by atoms with Gasteiger partial charge in [-0.25, -0.2) is 0 Å². The largest absolute Gasteiger partial charge is 0.508 e. The molecule has 3 rings (SSSR count). The number of ketones is 1. The zero-order valence-corrected chi connectivity index (χ0v) is 19.5. The van der Waals surface area contributed by atoms with E-state index in [1.165, 1.54) is 17.0 Å². The molecule has 2 aromatic carbocycles. The number of aliphatic hydroxyl groups is 1. The molecule has 2 aromatic rings. The van der Waals surface area contributed by atoms with Crippen molar-refractivity contribution in [3.05, 3.63) is 65.2 Å². The Bertz CT molecular complexity index is 1030. The van der Waals surface area contributed by atoms with E-state index in [-0.39, 0.29) is 17.1 Å². The zero-order chi connectivity index (χ0) is 24.0. The molecule has 1 aliphatic rings. The molecule has 176 valence electrons. The first-order chi connectivity index (χ1) is 15.9. The predicted octanol–water partition coefficient (Wildman–Crippen LogP) is 3.94. The standard InChI is InChI=1S/C26H32N2O5/c1-4-27(5-2)14-9-15-28-23(18-10-7-12-20(29)16-18)22(25(31)26(28)32)24(30)19-11-8-13-21(17-19)33-6-3/h7-8,10-13,16-17,23,29-30H,4-6,9,14-15H2,1-3H3. The highest BCUT2D eigenvalue weighted by Crippen LogP contribution is 2.40. The number of carbonyl (C=O) groups is 2. The minimum Gasteiger partial charge on any atom is -0.508 e. The Balaban J connectivity index is 2.04. The van der Waals surface area contributed by atoms with Crippen molar-refractivity contribution in [3.63, 3.8) is 0 Å². The van der Waals surface area contributed by atoms with Crippen LogP contribution in [-0.2, 0) is 9.59 Å². The fraction of sp³-hybridized carbons (Fsp3) is 0.385. The summed E-state index contributed by atoms with van der Waals surface area (Å²) in [4.78, 5) is 29.9. The predicted molar refractivity (Wildman–Crippen MR) is 127 cm³/mol. The fourth-order valence-corrected chi connectivity index (χ4v) is 4.21. The summed E-state index contributed by atoms with van der Waals surface area (Å²) in [7, 11) is 0. The molecular formula is C26H32N2O5. The fourth-order valence-electron chi connectivity index (χ4n) is 4.21. The maximum atomic E-state index is 13.1. The van der Waals surface area contributed by atoms with Gasteiger partial charge in [0, 0.05) is 12.1 Å². The van der Waals surface area contributed by atoms with E-state index in [1.54, 1.807) is 36.4 Å². The summed E-state index contributed by atoms with van der Waals surface area (Å²) < 4.78 is 5.52. The second kappa shape index (κ2) is 11.0. The van der Waals surface area contributed by atoms with E-state index in [9.17, 15) is 19.8 Å². The quantitative estimate of drug-likeness (QED) is 0.322. The van der Waals surface area contributed by atoms with E-state index in [2.05, 4.69) is 18.7 Å². The number of ether oxygens (including phenoxy) is 1. The molecule has 1 unspecified atom stereocenters. The van der Waals surface area contributed by atoms with E-state index in [1.807, 2.05) is 6.92 Å². The van der Waals surface area contributed by atoms with Gasteiger partial charge in [-0.1, -0.05) is 38.1 Å². The number of nitrogens with zero attached hydrogens (tertiary/aromatic N) is 2. The molecule has 7 nitrogen and oxygen atoms in total. The topological polar surface area (TPSA) is 90.3 Å². The average Bonchev–Trinajstić information content (AvgIpc) is 3.07. The summed E-state index contributed by atoms with van der Waals surface area (Å²) in [6.07, 6.45) is 0.684. The van der Waals surface area contributed by atoms with E-state index < -0.39 is 17.7 Å². The minimum atomic E-state index is -0.787. The molecule has 0 aromatic heterocycles. The molecule has 0 aliphatic carbocycles. The number of amides is 1. The number of benzene rings is 2. The summed E-state index contributed by atoms with van der Waals surface area (Å²) in [5, 5.41) is 21.2. The van der Waals surface area contributed by atoms with Crippen molar-refractivity contribution in [2.24, 2.45) is 0 Å². The van der Waals surface area contributed by atoms with E-state index in [0.717, 1.165) is 19.6 Å². The maximum absolute atomic E-state index is 13.1. The van der Waals surface area contributed by atoms with Crippen LogP contribution in [-0.4, -0.2) is 64.5 Å². The van der Waals surface area contributed by atoms with Gasteiger partial charge in [-0.15, -0.1) is 0 Å². The van der Waals surface area contributed by atoms with Crippen molar-refractivity contribution in [1.29, 1.82) is 0 Å². The van der Waals surface area contributed by atoms with Gasteiger partial charge in [-0.3, -0.25) is 9.59 Å². The second-order valence-corrected chi connectivity index (χ2v) is 7.93. The lowest BCUT2D eigenvalue weighted by molar-refractivity contribution is -0.140. The molecule has 0 saturated carbocycles. The van der Waals surface area contributed by atoms with Crippen molar-refractivity contribution < 1.29 is 24.5 Å². The van der Waals surface area contributed by atoms with Crippen molar-refractivity contribution >= 4 is 17.4 Å². The van der Waals surface area contributed by atoms with Gasteiger partial charge in [0.25, 0.3) is 11.7 Å². The van der Waals surface area contributed by atoms with Crippen LogP contribution in [0.5, 0.6) is 11.5 Å². The van der Waals surface area contributed by atoms with Gasteiger partial charge in [0.15, 0.2) is 0 Å². The van der Waals surface area contributed by atoms with Crippen LogP contribution in [0.15, 0.2) is 54.1 Å². The lowest BCUT2D eigenvalue weighted by atomic mass is 9.95. The molecule has 33 heavy (non-hydrogen) atoms. The highest BCUT2D eigenvalue weighted by molar-refractivity contribution is 6.46. The SMILES string of the molecule is CCOc1cccc(C(O)=C2C(=O)C(=O)N(CCCN(CC)CC)C2c2cccc(O)c2)c1. The van der Waals surface area contributed by atoms with Crippen LogP contribution >= 0.6 is 0 Å². The van der Waals surface area contributed by atoms with Gasteiger partial charge in [0.05, 0.1) is 18.2 Å². The number of hydrogen-bond acceptors (Lipinski definition) is 6. The van der Waals surface area contributed by atoms with Crippen molar-refractivity contribution in [2.45, 2.75) is 33.2 Å². The van der Waals surface area contributed by atoms with Gasteiger partial charge in [-0.05, 0) is 62.8 Å². The number of hydrogen-bond donors (Lipinski definition) is 2. The molecule has 7 heteroatoms. The van der Waals surface area contributed by atoms with Crippen LogP contribution in [0.3, 0.4) is 0 Å². The van der Waals surface area contributed by atoms with Crippen molar-refractivity contribution in [3.8, 4) is 11.5 Å². The Hall–Kier alpha value is -3.32. The number of likely N-dealkylation sites (tertiary alicyclic amines) is 1. The Morgan fingerprint density at radius 2 is 1.79 bits per heavy atom. The second-order valence-electron chi connectivity index (χ2n) is 7.93. The van der Waals surface area contributed by atoms with E-state index in [4.69, 9.17) is 4.74 Å². The summed E-state index contributed by atoms with van der Waals surface area (Å²) in [6.45, 7) is 9.44. The normalized spacial score (nSPS) is 17.7. The minimum absolute atomic E-state index is 0.0158. The summed E-state index contributed by atoms with van der Waals surface area (Å²) >= 11 is 0. The van der Waals surface area contributed by atoms with Crippen molar-refractivity contribution in [2.75, 3.05) is 32.8 Å². The lowest BCUT2D eigenvalue weighted by Gasteiger charge is -2.27. The maximum Gasteiger partial charge on any atom is 0.295 e. The van der Waals surface area contributed by atoms with Gasteiger partial charge in [-0.2, -0.15) is 0 Å². The third-order valence-corrected chi connectivity index (χ3v) is 5.91. The third kappa shape index (κ3) is 5.37. The van der Waals surface area contributed by atoms with Crippen LogP contribution in [0.4, 0.5) is 0 Å². The van der Waals surface area contributed by atoms with Crippen LogP contribution in [0.1, 0.15) is 44.4 Å². The third-order valence-electron chi connectivity index (χ3n) is 5.91. The zero-order valence-electron chi connectivity index (χ0n) is 19.5.